The zero-order valence-corrected chi connectivity index (χ0v) is 21.1. The van der Waals surface area contributed by atoms with Gasteiger partial charge in [0.15, 0.2) is 0 Å². The van der Waals surface area contributed by atoms with Crippen molar-refractivity contribution < 1.29 is 19.4 Å². The number of unbranched alkanes of at least 4 members (excludes halogenated alkanes) is 10. The van der Waals surface area contributed by atoms with Crippen LogP contribution in [0, 0.1) is 17.8 Å². The summed E-state index contributed by atoms with van der Waals surface area (Å²) in [7, 11) is 0. The third-order valence-electron chi connectivity index (χ3n) is 6.61. The maximum absolute atomic E-state index is 11.9. The lowest BCUT2D eigenvalue weighted by Crippen LogP contribution is -2.13. The lowest BCUT2D eigenvalue weighted by molar-refractivity contribution is -0.145. The highest BCUT2D eigenvalue weighted by atomic mass is 16.5. The summed E-state index contributed by atoms with van der Waals surface area (Å²) in [6.45, 7) is 9.25. The Hall–Kier alpha value is -1.06. The van der Waals surface area contributed by atoms with Gasteiger partial charge < -0.3 is 9.84 Å². The zero-order valence-electron chi connectivity index (χ0n) is 21.1. The number of hydrogen-bond donors (Lipinski definition) is 1. The minimum Gasteiger partial charge on any atom is -0.481 e. The molecule has 31 heavy (non-hydrogen) atoms. The maximum Gasteiger partial charge on any atom is 0.305 e. The highest BCUT2D eigenvalue weighted by Crippen LogP contribution is 2.23. The minimum absolute atomic E-state index is 0.0157. The second-order valence-corrected chi connectivity index (χ2v) is 9.78. The summed E-state index contributed by atoms with van der Waals surface area (Å²) >= 11 is 0. The predicted octanol–water partition coefficient (Wildman–Crippen LogP) is 8.17. The lowest BCUT2D eigenvalue weighted by atomic mass is 9.87. The average molecular weight is 441 g/mol. The van der Waals surface area contributed by atoms with Gasteiger partial charge in [-0.1, -0.05) is 105 Å². The first-order valence-electron chi connectivity index (χ1n) is 13.3. The van der Waals surface area contributed by atoms with Crippen LogP contribution >= 0.6 is 0 Å². The van der Waals surface area contributed by atoms with Crippen LogP contribution in [0.25, 0.3) is 0 Å². The van der Waals surface area contributed by atoms with Crippen LogP contribution in [0.3, 0.4) is 0 Å². The van der Waals surface area contributed by atoms with Gasteiger partial charge in [0, 0.05) is 12.8 Å². The number of carboxylic acids is 1. The van der Waals surface area contributed by atoms with E-state index >= 15 is 0 Å². The molecular formula is C27H52O4. The average Bonchev–Trinajstić information content (AvgIpc) is 2.73. The summed E-state index contributed by atoms with van der Waals surface area (Å²) in [5.74, 6) is 0.632. The molecule has 0 aliphatic heterocycles. The van der Waals surface area contributed by atoms with Crippen molar-refractivity contribution in [2.45, 2.75) is 137 Å². The van der Waals surface area contributed by atoms with E-state index in [1.165, 1.54) is 64.2 Å². The SMILES string of the molecule is CCCCC(CC)COC(=O)CCCCCCCCCCCCC(CC(=O)O)C(C)C. The van der Waals surface area contributed by atoms with Gasteiger partial charge in [-0.05, 0) is 37.0 Å². The van der Waals surface area contributed by atoms with Crippen LogP contribution in [0.5, 0.6) is 0 Å². The number of rotatable bonds is 22. The van der Waals surface area contributed by atoms with Gasteiger partial charge in [-0.3, -0.25) is 9.59 Å². The Balaban J connectivity index is 3.48. The zero-order chi connectivity index (χ0) is 23.3. The maximum atomic E-state index is 11.9. The largest absolute Gasteiger partial charge is 0.481 e. The van der Waals surface area contributed by atoms with Crippen molar-refractivity contribution in [1.29, 1.82) is 0 Å². The molecule has 0 amide bonds. The quantitative estimate of drug-likeness (QED) is 0.136. The Morgan fingerprint density at radius 2 is 1.32 bits per heavy atom. The van der Waals surface area contributed by atoms with Gasteiger partial charge in [0.25, 0.3) is 0 Å². The Morgan fingerprint density at radius 1 is 0.774 bits per heavy atom. The highest BCUT2D eigenvalue weighted by Gasteiger charge is 2.16. The standard InChI is InChI=1S/C27H52O4/c1-5-7-18-24(6-2)22-31-27(30)20-17-15-13-11-9-8-10-12-14-16-19-25(23(3)4)21-26(28)29/h23-25H,5-22H2,1-4H3,(H,28,29). The number of esters is 1. The van der Waals surface area contributed by atoms with E-state index in [9.17, 15) is 9.59 Å². The third-order valence-corrected chi connectivity index (χ3v) is 6.61. The molecule has 0 aromatic rings. The van der Waals surface area contributed by atoms with Crippen molar-refractivity contribution in [2.24, 2.45) is 17.8 Å². The van der Waals surface area contributed by atoms with Crippen molar-refractivity contribution in [3.8, 4) is 0 Å². The van der Waals surface area contributed by atoms with Gasteiger partial charge in [-0.2, -0.15) is 0 Å². The molecule has 0 aromatic heterocycles. The van der Waals surface area contributed by atoms with Crippen molar-refractivity contribution in [3.63, 3.8) is 0 Å². The number of ether oxygens (including phenoxy) is 1. The van der Waals surface area contributed by atoms with E-state index in [4.69, 9.17) is 9.84 Å². The van der Waals surface area contributed by atoms with Gasteiger partial charge in [0.2, 0.25) is 0 Å². The topological polar surface area (TPSA) is 63.6 Å². The number of aliphatic carboxylic acids is 1. The van der Waals surface area contributed by atoms with Gasteiger partial charge in [0.05, 0.1) is 6.61 Å². The first-order valence-corrected chi connectivity index (χ1v) is 13.3. The number of carbonyl (C=O) groups excluding carboxylic acids is 1. The molecule has 2 atom stereocenters. The van der Waals surface area contributed by atoms with E-state index < -0.39 is 5.97 Å². The molecule has 4 heteroatoms. The number of carbonyl (C=O) groups is 2. The molecule has 2 unspecified atom stereocenters. The predicted molar refractivity (Wildman–Crippen MR) is 130 cm³/mol. The van der Waals surface area contributed by atoms with Crippen molar-refractivity contribution in [3.05, 3.63) is 0 Å². The van der Waals surface area contributed by atoms with E-state index in [1.807, 2.05) is 0 Å². The summed E-state index contributed by atoms with van der Waals surface area (Å²) in [5.41, 5.74) is 0. The number of hydrogen-bond acceptors (Lipinski definition) is 3. The summed E-state index contributed by atoms with van der Waals surface area (Å²) in [5, 5.41) is 8.99. The molecule has 4 nitrogen and oxygen atoms in total. The van der Waals surface area contributed by atoms with Crippen LogP contribution in [-0.2, 0) is 14.3 Å². The Bertz CT molecular complexity index is 433. The summed E-state index contributed by atoms with van der Waals surface area (Å²) in [4.78, 5) is 22.8. The van der Waals surface area contributed by atoms with Gasteiger partial charge in [-0.15, -0.1) is 0 Å². The molecule has 0 aromatic carbocycles. The van der Waals surface area contributed by atoms with E-state index in [0.717, 1.165) is 32.1 Å². The second-order valence-electron chi connectivity index (χ2n) is 9.78. The summed E-state index contributed by atoms with van der Waals surface area (Å²) < 4.78 is 5.46. The first-order chi connectivity index (χ1) is 14.9. The smallest absolute Gasteiger partial charge is 0.305 e. The molecule has 184 valence electrons. The van der Waals surface area contributed by atoms with Crippen LogP contribution in [-0.4, -0.2) is 23.7 Å². The third kappa shape index (κ3) is 19.4. The highest BCUT2D eigenvalue weighted by molar-refractivity contribution is 5.69. The van der Waals surface area contributed by atoms with Crippen molar-refractivity contribution in [2.75, 3.05) is 6.61 Å². The fourth-order valence-corrected chi connectivity index (χ4v) is 4.17. The van der Waals surface area contributed by atoms with Crippen LogP contribution in [0.4, 0.5) is 0 Å². The molecule has 0 fully saturated rings. The van der Waals surface area contributed by atoms with E-state index in [1.54, 1.807) is 0 Å². The monoisotopic (exact) mass is 440 g/mol. The van der Waals surface area contributed by atoms with Crippen LogP contribution in [0.1, 0.15) is 137 Å². The lowest BCUT2D eigenvalue weighted by Gasteiger charge is -2.18. The molecule has 0 bridgehead atoms. The van der Waals surface area contributed by atoms with Gasteiger partial charge >= 0.3 is 11.9 Å². The Morgan fingerprint density at radius 3 is 1.81 bits per heavy atom. The van der Waals surface area contributed by atoms with Crippen molar-refractivity contribution in [1.82, 2.24) is 0 Å². The second kappa shape index (κ2) is 20.8. The first kappa shape index (κ1) is 29.9. The van der Waals surface area contributed by atoms with E-state index in [2.05, 4.69) is 27.7 Å². The minimum atomic E-state index is -0.664. The van der Waals surface area contributed by atoms with E-state index in [-0.39, 0.29) is 5.97 Å². The number of carboxylic acid groups (broad SMARTS) is 1. The molecular weight excluding hydrogens is 388 g/mol. The molecule has 0 saturated heterocycles. The van der Waals surface area contributed by atoms with Gasteiger partial charge in [-0.25, -0.2) is 0 Å². The summed E-state index contributed by atoms with van der Waals surface area (Å²) in [6, 6.07) is 0. The summed E-state index contributed by atoms with van der Waals surface area (Å²) in [6.07, 6.45) is 18.7. The van der Waals surface area contributed by atoms with Crippen LogP contribution < -0.4 is 0 Å². The van der Waals surface area contributed by atoms with Crippen molar-refractivity contribution >= 4 is 11.9 Å². The molecule has 0 aliphatic rings. The van der Waals surface area contributed by atoms with E-state index in [0.29, 0.717) is 37.2 Å². The fraction of sp³-hybridized carbons (Fsp3) is 0.926. The molecule has 0 radical (unpaired) electrons. The molecule has 0 spiro atoms. The Labute approximate surface area is 192 Å². The Kier molecular flexibility index (Phi) is 20.1. The molecule has 0 aliphatic carbocycles. The molecule has 1 N–H and O–H groups in total. The van der Waals surface area contributed by atoms with Gasteiger partial charge in [0.1, 0.15) is 0 Å². The molecule has 0 heterocycles. The van der Waals surface area contributed by atoms with Crippen LogP contribution in [0.2, 0.25) is 0 Å². The molecule has 0 saturated carbocycles. The normalized spacial score (nSPS) is 13.3. The van der Waals surface area contributed by atoms with Crippen LogP contribution in [0.15, 0.2) is 0 Å². The molecule has 0 rings (SSSR count). The fourth-order valence-electron chi connectivity index (χ4n) is 4.17.